The zero-order chi connectivity index (χ0) is 21.4. The molecular weight excluding hydrogens is 409 g/mol. The van der Waals surface area contributed by atoms with E-state index in [-0.39, 0.29) is 23.6 Å². The second kappa shape index (κ2) is 7.71. The van der Waals surface area contributed by atoms with Crippen molar-refractivity contribution >= 4 is 28.0 Å². The van der Waals surface area contributed by atoms with Gasteiger partial charge in [0.2, 0.25) is 5.91 Å². The van der Waals surface area contributed by atoms with Crippen LogP contribution in [0.3, 0.4) is 0 Å². The van der Waals surface area contributed by atoms with Gasteiger partial charge in [0.1, 0.15) is 0 Å². The number of ether oxygens (including phenoxy) is 1. The van der Waals surface area contributed by atoms with Crippen LogP contribution in [0.2, 0.25) is 0 Å². The number of carbonyl (C=O) groups excluding carboxylic acids is 1. The number of rotatable bonds is 5. The molecule has 1 aromatic carbocycles. The number of H-pyrrole nitrogens is 1. The van der Waals surface area contributed by atoms with Crippen LogP contribution in [0, 0.1) is 19.7 Å². The lowest BCUT2D eigenvalue weighted by atomic mass is 10.1. The molecule has 3 heterocycles. The van der Waals surface area contributed by atoms with E-state index in [9.17, 15) is 14.0 Å². The van der Waals surface area contributed by atoms with Gasteiger partial charge in [-0.25, -0.2) is 18.9 Å². The van der Waals surface area contributed by atoms with Crippen LogP contribution in [0.25, 0.3) is 16.9 Å². The molecule has 2 N–H and O–H groups in total. The van der Waals surface area contributed by atoms with Crippen LogP contribution >= 0.6 is 11.3 Å². The summed E-state index contributed by atoms with van der Waals surface area (Å²) in [5, 5.41) is 7.58. The fraction of sp³-hybridized carbons (Fsp3) is 0.200. The van der Waals surface area contributed by atoms with E-state index in [1.807, 2.05) is 6.92 Å². The molecule has 0 spiro atoms. The second-order valence-electron chi connectivity index (χ2n) is 6.69. The Hall–Kier alpha value is -3.53. The molecule has 0 unspecified atom stereocenters. The molecule has 0 saturated heterocycles. The van der Waals surface area contributed by atoms with Crippen LogP contribution in [-0.2, 0) is 11.2 Å². The van der Waals surface area contributed by atoms with E-state index in [4.69, 9.17) is 4.74 Å². The number of aromatic amines is 1. The summed E-state index contributed by atoms with van der Waals surface area (Å²) >= 11 is 1.25. The van der Waals surface area contributed by atoms with Crippen molar-refractivity contribution in [3.8, 4) is 17.0 Å². The summed E-state index contributed by atoms with van der Waals surface area (Å²) in [5.74, 6) is -0.591. The maximum atomic E-state index is 13.9. The third-order valence-electron chi connectivity index (χ3n) is 4.74. The van der Waals surface area contributed by atoms with E-state index in [0.717, 1.165) is 11.3 Å². The monoisotopic (exact) mass is 427 g/mol. The molecule has 0 aliphatic rings. The lowest BCUT2D eigenvalue weighted by Gasteiger charge is -2.11. The zero-order valence-electron chi connectivity index (χ0n) is 16.4. The van der Waals surface area contributed by atoms with Crippen molar-refractivity contribution in [1.82, 2.24) is 19.6 Å². The maximum Gasteiger partial charge on any atom is 0.266 e. The van der Waals surface area contributed by atoms with Gasteiger partial charge in [0, 0.05) is 34.0 Å². The summed E-state index contributed by atoms with van der Waals surface area (Å²) in [7, 11) is 1.40. The Balaban J connectivity index is 1.52. The van der Waals surface area contributed by atoms with Crippen LogP contribution < -0.4 is 15.6 Å². The first-order valence-corrected chi connectivity index (χ1v) is 9.91. The van der Waals surface area contributed by atoms with Gasteiger partial charge in [-0.05, 0) is 32.0 Å². The molecule has 4 aromatic rings. The Bertz CT molecular complexity index is 1320. The van der Waals surface area contributed by atoms with Gasteiger partial charge in [-0.1, -0.05) is 0 Å². The summed E-state index contributed by atoms with van der Waals surface area (Å²) in [6.45, 7) is 3.62. The van der Waals surface area contributed by atoms with Gasteiger partial charge in [-0.3, -0.25) is 14.7 Å². The zero-order valence-corrected chi connectivity index (χ0v) is 17.3. The van der Waals surface area contributed by atoms with Crippen LogP contribution in [0.5, 0.6) is 5.75 Å². The van der Waals surface area contributed by atoms with E-state index in [2.05, 4.69) is 20.4 Å². The highest BCUT2D eigenvalue weighted by Crippen LogP contribution is 2.28. The van der Waals surface area contributed by atoms with Gasteiger partial charge in [0.25, 0.3) is 5.56 Å². The molecular formula is C20H18FN5O3S. The van der Waals surface area contributed by atoms with Crippen molar-refractivity contribution in [3.05, 3.63) is 62.8 Å². The van der Waals surface area contributed by atoms with Gasteiger partial charge < -0.3 is 10.1 Å². The van der Waals surface area contributed by atoms with Gasteiger partial charge in [-0.2, -0.15) is 0 Å². The lowest BCUT2D eigenvalue weighted by molar-refractivity contribution is -0.115. The highest BCUT2D eigenvalue weighted by atomic mass is 32.1. The molecule has 154 valence electrons. The minimum atomic E-state index is -0.481. The maximum absolute atomic E-state index is 13.9. The SMILES string of the molecule is COc1ccc(-c2csc(NC(=O)Cc3c(C)nc4cc(=O)[nH]n4c3C)n2)cc1F. The number of hydrogen-bond donors (Lipinski definition) is 2. The number of hydrogen-bond acceptors (Lipinski definition) is 6. The van der Waals surface area contributed by atoms with Crippen LogP contribution in [0.15, 0.2) is 34.4 Å². The van der Waals surface area contributed by atoms with Gasteiger partial charge in [0.05, 0.1) is 19.2 Å². The quantitative estimate of drug-likeness (QED) is 0.510. The minimum absolute atomic E-state index is 0.0763. The molecule has 0 saturated carbocycles. The number of benzene rings is 1. The van der Waals surface area contributed by atoms with Crippen molar-refractivity contribution in [2.45, 2.75) is 20.3 Å². The van der Waals surface area contributed by atoms with Crippen molar-refractivity contribution in [2.75, 3.05) is 12.4 Å². The topological polar surface area (TPSA) is 101 Å². The number of amides is 1. The summed E-state index contributed by atoms with van der Waals surface area (Å²) < 4.78 is 20.4. The molecule has 0 aliphatic heterocycles. The molecule has 30 heavy (non-hydrogen) atoms. The first-order chi connectivity index (χ1) is 14.4. The predicted octanol–water partition coefficient (Wildman–Crippen LogP) is 3.09. The molecule has 0 fully saturated rings. The number of nitrogens with zero attached hydrogens (tertiary/aromatic N) is 3. The van der Waals surface area contributed by atoms with Crippen LogP contribution in [-0.4, -0.2) is 32.6 Å². The van der Waals surface area contributed by atoms with E-state index in [1.54, 1.807) is 22.9 Å². The summed E-state index contributed by atoms with van der Waals surface area (Å²) in [4.78, 5) is 32.9. The first kappa shape index (κ1) is 19.8. The molecule has 3 aromatic heterocycles. The Morgan fingerprint density at radius 3 is 2.83 bits per heavy atom. The highest BCUT2D eigenvalue weighted by molar-refractivity contribution is 7.14. The van der Waals surface area contributed by atoms with Gasteiger partial charge >= 0.3 is 0 Å². The minimum Gasteiger partial charge on any atom is -0.494 e. The fourth-order valence-electron chi connectivity index (χ4n) is 3.22. The molecule has 0 aliphatic carbocycles. The van der Waals surface area contributed by atoms with E-state index in [0.29, 0.717) is 27.7 Å². The molecule has 1 amide bonds. The number of fused-ring (bicyclic) bond motifs is 1. The number of aryl methyl sites for hydroxylation is 2. The largest absolute Gasteiger partial charge is 0.494 e. The van der Waals surface area contributed by atoms with Crippen LogP contribution in [0.1, 0.15) is 17.0 Å². The third-order valence-corrected chi connectivity index (χ3v) is 5.50. The molecule has 4 rings (SSSR count). The van der Waals surface area contributed by atoms with Crippen molar-refractivity contribution < 1.29 is 13.9 Å². The number of thiazole rings is 1. The van der Waals surface area contributed by atoms with E-state index >= 15 is 0 Å². The summed E-state index contributed by atoms with van der Waals surface area (Å²) in [5.41, 5.74) is 3.53. The number of carbonyl (C=O) groups is 1. The first-order valence-electron chi connectivity index (χ1n) is 9.03. The molecule has 8 nitrogen and oxygen atoms in total. The third kappa shape index (κ3) is 3.69. The summed E-state index contributed by atoms with van der Waals surface area (Å²) in [6.07, 6.45) is 0.0763. The molecule has 0 radical (unpaired) electrons. The number of halogens is 1. The average Bonchev–Trinajstić information content (AvgIpc) is 3.31. The molecule has 0 bridgehead atoms. The van der Waals surface area contributed by atoms with E-state index in [1.165, 1.54) is 36.6 Å². The Labute approximate surface area is 174 Å². The van der Waals surface area contributed by atoms with Crippen molar-refractivity contribution in [2.24, 2.45) is 0 Å². The average molecular weight is 427 g/mol. The Morgan fingerprint density at radius 2 is 2.10 bits per heavy atom. The highest BCUT2D eigenvalue weighted by Gasteiger charge is 2.16. The second-order valence-corrected chi connectivity index (χ2v) is 7.55. The van der Waals surface area contributed by atoms with Crippen molar-refractivity contribution in [3.63, 3.8) is 0 Å². The Kier molecular flexibility index (Phi) is 5.08. The number of aromatic nitrogens is 4. The van der Waals surface area contributed by atoms with Gasteiger partial charge in [-0.15, -0.1) is 11.3 Å². The fourth-order valence-corrected chi connectivity index (χ4v) is 3.96. The number of nitrogens with one attached hydrogen (secondary N) is 2. The standard InChI is InChI=1S/C20H18FN5O3S/c1-10-13(11(2)26-17(22-10)8-19(28)25-26)7-18(27)24-20-23-15(9-30-20)12-4-5-16(29-3)14(21)6-12/h4-6,8-9H,7H2,1-3H3,(H,25,28)(H,23,24,27). The van der Waals surface area contributed by atoms with Gasteiger partial charge in [0.15, 0.2) is 22.3 Å². The Morgan fingerprint density at radius 1 is 1.30 bits per heavy atom. The molecule has 0 atom stereocenters. The summed E-state index contributed by atoms with van der Waals surface area (Å²) in [6, 6.07) is 5.98. The smallest absolute Gasteiger partial charge is 0.266 e. The predicted molar refractivity (Wildman–Crippen MR) is 112 cm³/mol. The van der Waals surface area contributed by atoms with Crippen molar-refractivity contribution in [1.29, 1.82) is 0 Å². The normalized spacial score (nSPS) is 11.1. The van der Waals surface area contributed by atoms with Crippen LogP contribution in [0.4, 0.5) is 9.52 Å². The number of anilines is 1. The lowest BCUT2D eigenvalue weighted by Crippen LogP contribution is -2.17. The molecule has 10 heteroatoms. The van der Waals surface area contributed by atoms with E-state index < -0.39 is 5.82 Å². The number of methoxy groups -OCH3 is 1.